The Hall–Kier alpha value is -2.37. The molecule has 26 heavy (non-hydrogen) atoms. The predicted octanol–water partition coefficient (Wildman–Crippen LogP) is 3.19. The van der Waals surface area contributed by atoms with Crippen molar-refractivity contribution in [1.82, 2.24) is 5.32 Å². The normalized spacial score (nSPS) is 23.4. The number of amides is 2. The average Bonchev–Trinajstić information content (AvgIpc) is 3.14. The summed E-state index contributed by atoms with van der Waals surface area (Å²) >= 11 is 0. The molecule has 6 nitrogen and oxygen atoms in total. The van der Waals surface area contributed by atoms with Gasteiger partial charge in [-0.05, 0) is 56.4 Å². The number of carbonyl (C=O) groups excluding carboxylic acids is 2. The lowest BCUT2D eigenvalue weighted by atomic mass is 9.95. The lowest BCUT2D eigenvalue weighted by molar-refractivity contribution is -0.141. The van der Waals surface area contributed by atoms with Crippen LogP contribution in [0.5, 0.6) is 0 Å². The number of carboxylic acid groups (broad SMARTS) is 1. The van der Waals surface area contributed by atoms with E-state index in [0.717, 1.165) is 12.8 Å². The lowest BCUT2D eigenvalue weighted by Crippen LogP contribution is -2.36. The smallest absolute Gasteiger partial charge is 0.306 e. The van der Waals surface area contributed by atoms with Crippen LogP contribution in [0.4, 0.5) is 5.69 Å². The van der Waals surface area contributed by atoms with Crippen LogP contribution in [0, 0.1) is 11.8 Å². The van der Waals surface area contributed by atoms with E-state index in [2.05, 4.69) is 10.6 Å². The van der Waals surface area contributed by atoms with Gasteiger partial charge in [0.2, 0.25) is 5.91 Å². The van der Waals surface area contributed by atoms with Crippen molar-refractivity contribution in [3.63, 3.8) is 0 Å². The third kappa shape index (κ3) is 4.62. The highest BCUT2D eigenvalue weighted by Gasteiger charge is 2.33. The van der Waals surface area contributed by atoms with Gasteiger partial charge in [-0.1, -0.05) is 19.3 Å². The fourth-order valence-electron chi connectivity index (χ4n) is 3.91. The Morgan fingerprint density at radius 2 is 1.54 bits per heavy atom. The lowest BCUT2D eigenvalue weighted by Gasteiger charge is -2.22. The molecule has 140 valence electrons. The molecule has 2 aliphatic rings. The number of benzene rings is 1. The molecule has 0 bridgehead atoms. The molecular weight excluding hydrogens is 332 g/mol. The van der Waals surface area contributed by atoms with Crippen LogP contribution in [0.15, 0.2) is 24.3 Å². The summed E-state index contributed by atoms with van der Waals surface area (Å²) in [6.07, 6.45) is 7.20. The zero-order chi connectivity index (χ0) is 18.5. The fourth-order valence-corrected chi connectivity index (χ4v) is 3.91. The number of hydrogen-bond acceptors (Lipinski definition) is 3. The second kappa shape index (κ2) is 8.34. The van der Waals surface area contributed by atoms with Gasteiger partial charge in [-0.15, -0.1) is 0 Å². The maximum Gasteiger partial charge on any atom is 0.306 e. The summed E-state index contributed by atoms with van der Waals surface area (Å²) in [4.78, 5) is 35.6. The molecule has 0 radical (unpaired) electrons. The van der Waals surface area contributed by atoms with Gasteiger partial charge in [-0.25, -0.2) is 0 Å². The summed E-state index contributed by atoms with van der Waals surface area (Å²) in [5, 5.41) is 14.9. The van der Waals surface area contributed by atoms with Gasteiger partial charge >= 0.3 is 5.97 Å². The van der Waals surface area contributed by atoms with E-state index in [1.165, 1.54) is 19.3 Å². The van der Waals surface area contributed by atoms with E-state index < -0.39 is 11.9 Å². The molecule has 2 fully saturated rings. The van der Waals surface area contributed by atoms with Crippen molar-refractivity contribution in [2.45, 2.75) is 57.4 Å². The summed E-state index contributed by atoms with van der Waals surface area (Å²) < 4.78 is 0. The maximum atomic E-state index is 12.3. The number of carbonyl (C=O) groups is 3. The van der Waals surface area contributed by atoms with E-state index >= 15 is 0 Å². The molecule has 0 unspecified atom stereocenters. The highest BCUT2D eigenvalue weighted by molar-refractivity contribution is 5.96. The Bertz CT molecular complexity index is 665. The number of rotatable bonds is 5. The molecule has 0 heterocycles. The van der Waals surface area contributed by atoms with E-state index in [9.17, 15) is 14.4 Å². The van der Waals surface area contributed by atoms with Crippen LogP contribution in [0.25, 0.3) is 0 Å². The SMILES string of the molecule is O=C(NC1CCCCC1)c1ccc(NC(=O)[C@H]2CC[C@@H](C(=O)O)C2)cc1. The predicted molar refractivity (Wildman–Crippen MR) is 97.9 cm³/mol. The van der Waals surface area contributed by atoms with Crippen molar-refractivity contribution in [2.75, 3.05) is 5.32 Å². The molecular formula is C20H26N2O4. The molecule has 1 aromatic rings. The number of hydrogen-bond donors (Lipinski definition) is 3. The maximum absolute atomic E-state index is 12.3. The van der Waals surface area contributed by atoms with Crippen LogP contribution in [0.2, 0.25) is 0 Å². The van der Waals surface area contributed by atoms with Crippen molar-refractivity contribution >= 4 is 23.5 Å². The second-order valence-corrected chi connectivity index (χ2v) is 7.42. The van der Waals surface area contributed by atoms with E-state index in [0.29, 0.717) is 30.5 Å². The summed E-state index contributed by atoms with van der Waals surface area (Å²) in [6, 6.07) is 7.12. The molecule has 2 atom stereocenters. The first-order chi connectivity index (χ1) is 12.5. The summed E-state index contributed by atoms with van der Waals surface area (Å²) in [7, 11) is 0. The third-order valence-electron chi connectivity index (χ3n) is 5.51. The van der Waals surface area contributed by atoms with E-state index in [1.54, 1.807) is 24.3 Å². The number of nitrogens with one attached hydrogen (secondary N) is 2. The highest BCUT2D eigenvalue weighted by Crippen LogP contribution is 2.32. The summed E-state index contributed by atoms with van der Waals surface area (Å²) in [5.74, 6) is -1.72. The monoisotopic (exact) mass is 358 g/mol. The Morgan fingerprint density at radius 1 is 0.885 bits per heavy atom. The molecule has 0 aromatic heterocycles. The summed E-state index contributed by atoms with van der Waals surface area (Å²) in [5.41, 5.74) is 1.21. The van der Waals surface area contributed by atoms with Crippen LogP contribution < -0.4 is 10.6 Å². The minimum Gasteiger partial charge on any atom is -0.481 e. The average molecular weight is 358 g/mol. The molecule has 0 spiro atoms. The second-order valence-electron chi connectivity index (χ2n) is 7.42. The zero-order valence-electron chi connectivity index (χ0n) is 14.9. The molecule has 2 amide bonds. The van der Waals surface area contributed by atoms with Crippen LogP contribution in [-0.4, -0.2) is 28.9 Å². The molecule has 0 saturated heterocycles. The van der Waals surface area contributed by atoms with Gasteiger partial charge in [0.1, 0.15) is 0 Å². The molecule has 3 N–H and O–H groups in total. The van der Waals surface area contributed by atoms with Crippen molar-refractivity contribution in [3.05, 3.63) is 29.8 Å². The Labute approximate surface area is 153 Å². The van der Waals surface area contributed by atoms with Crippen molar-refractivity contribution in [3.8, 4) is 0 Å². The van der Waals surface area contributed by atoms with Crippen molar-refractivity contribution in [1.29, 1.82) is 0 Å². The van der Waals surface area contributed by atoms with Gasteiger partial charge in [0.15, 0.2) is 0 Å². The Balaban J connectivity index is 1.51. The van der Waals surface area contributed by atoms with Crippen molar-refractivity contribution < 1.29 is 19.5 Å². The largest absolute Gasteiger partial charge is 0.481 e. The standard InChI is InChI=1S/C20H26N2O4/c23-18(21-16-4-2-1-3-5-16)13-8-10-17(11-9-13)22-19(24)14-6-7-15(12-14)20(25)26/h8-11,14-16H,1-7,12H2,(H,21,23)(H,22,24)(H,25,26)/t14-,15+/m0/s1. The summed E-state index contributed by atoms with van der Waals surface area (Å²) in [6.45, 7) is 0. The van der Waals surface area contributed by atoms with Crippen LogP contribution in [0.1, 0.15) is 61.7 Å². The fraction of sp³-hybridized carbons (Fsp3) is 0.550. The molecule has 3 rings (SSSR count). The molecule has 2 saturated carbocycles. The first-order valence-corrected chi connectivity index (χ1v) is 9.47. The molecule has 6 heteroatoms. The number of anilines is 1. The number of carboxylic acids is 1. The first-order valence-electron chi connectivity index (χ1n) is 9.47. The highest BCUT2D eigenvalue weighted by atomic mass is 16.4. The van der Waals surface area contributed by atoms with Crippen LogP contribution in [-0.2, 0) is 9.59 Å². The van der Waals surface area contributed by atoms with Crippen LogP contribution in [0.3, 0.4) is 0 Å². The van der Waals surface area contributed by atoms with Gasteiger partial charge in [-0.3, -0.25) is 14.4 Å². The minimum atomic E-state index is -0.825. The van der Waals surface area contributed by atoms with Gasteiger partial charge < -0.3 is 15.7 Å². The third-order valence-corrected chi connectivity index (χ3v) is 5.51. The van der Waals surface area contributed by atoms with E-state index in [1.807, 2.05) is 0 Å². The first kappa shape index (κ1) is 18.4. The topological polar surface area (TPSA) is 95.5 Å². The van der Waals surface area contributed by atoms with Gasteiger partial charge in [0.05, 0.1) is 5.92 Å². The van der Waals surface area contributed by atoms with E-state index in [4.69, 9.17) is 5.11 Å². The molecule has 1 aromatic carbocycles. The quantitative estimate of drug-likeness (QED) is 0.753. The minimum absolute atomic E-state index is 0.0742. The van der Waals surface area contributed by atoms with Crippen molar-refractivity contribution in [2.24, 2.45) is 11.8 Å². The van der Waals surface area contributed by atoms with Gasteiger partial charge in [-0.2, -0.15) is 0 Å². The van der Waals surface area contributed by atoms with Crippen LogP contribution >= 0.6 is 0 Å². The molecule has 2 aliphatic carbocycles. The number of aliphatic carboxylic acids is 1. The Morgan fingerprint density at radius 3 is 2.15 bits per heavy atom. The van der Waals surface area contributed by atoms with Gasteiger partial charge in [0.25, 0.3) is 5.91 Å². The zero-order valence-corrected chi connectivity index (χ0v) is 14.9. The van der Waals surface area contributed by atoms with Gasteiger partial charge in [0, 0.05) is 23.2 Å². The molecule has 0 aliphatic heterocycles. The van der Waals surface area contributed by atoms with E-state index in [-0.39, 0.29) is 23.8 Å². The Kier molecular flexibility index (Phi) is 5.91.